The highest BCUT2D eigenvalue weighted by Crippen LogP contribution is 2.20. The molecule has 106 valence electrons. The molecule has 19 heavy (non-hydrogen) atoms. The third kappa shape index (κ3) is 3.77. The second-order valence-corrected chi connectivity index (χ2v) is 5.39. The molecule has 1 aromatic heterocycles. The maximum Gasteiger partial charge on any atom is 0.267 e. The number of halogens is 1. The lowest BCUT2D eigenvalue weighted by atomic mass is 10.2. The third-order valence-electron chi connectivity index (χ3n) is 3.25. The molecule has 0 spiro atoms. The van der Waals surface area contributed by atoms with Crippen LogP contribution < -0.4 is 15.8 Å². The van der Waals surface area contributed by atoms with Crippen molar-refractivity contribution in [1.82, 2.24) is 15.3 Å². The van der Waals surface area contributed by atoms with E-state index in [0.717, 1.165) is 19.5 Å². The average molecular weight is 331 g/mol. The SMILES string of the molecule is COCCN(CC1CCCN1)c1nc[nH]c(=O)c1Br. The zero-order chi connectivity index (χ0) is 13.7. The lowest BCUT2D eigenvalue weighted by molar-refractivity contribution is 0.204. The predicted molar refractivity (Wildman–Crippen MR) is 77.7 cm³/mol. The van der Waals surface area contributed by atoms with Crippen molar-refractivity contribution in [2.75, 3.05) is 38.3 Å². The van der Waals surface area contributed by atoms with Gasteiger partial charge in [0.15, 0.2) is 0 Å². The number of hydrogen-bond acceptors (Lipinski definition) is 5. The van der Waals surface area contributed by atoms with Crippen molar-refractivity contribution in [3.8, 4) is 0 Å². The molecular weight excluding hydrogens is 312 g/mol. The van der Waals surface area contributed by atoms with Crippen LogP contribution in [-0.4, -0.2) is 49.4 Å². The van der Waals surface area contributed by atoms with Gasteiger partial charge in [-0.15, -0.1) is 0 Å². The Hall–Kier alpha value is -0.920. The number of aromatic amines is 1. The molecule has 1 unspecified atom stereocenters. The summed E-state index contributed by atoms with van der Waals surface area (Å²) < 4.78 is 5.61. The molecular formula is C12H19BrN4O2. The van der Waals surface area contributed by atoms with Crippen molar-refractivity contribution in [2.45, 2.75) is 18.9 Å². The average Bonchev–Trinajstić information content (AvgIpc) is 2.91. The molecule has 2 rings (SSSR count). The summed E-state index contributed by atoms with van der Waals surface area (Å²) in [4.78, 5) is 20.6. The molecule has 1 aliphatic rings. The van der Waals surface area contributed by atoms with Gasteiger partial charge in [-0.3, -0.25) is 4.79 Å². The largest absolute Gasteiger partial charge is 0.383 e. The van der Waals surface area contributed by atoms with Crippen LogP contribution in [0.4, 0.5) is 5.82 Å². The first kappa shape index (κ1) is 14.5. The van der Waals surface area contributed by atoms with Gasteiger partial charge >= 0.3 is 0 Å². The predicted octanol–water partition coefficient (Wildman–Crippen LogP) is 0.737. The standard InChI is InChI=1S/C12H19BrN4O2/c1-19-6-5-17(7-9-3-2-4-14-9)11-10(13)12(18)16-8-15-11/h8-9,14H,2-7H2,1H3,(H,15,16,18). The summed E-state index contributed by atoms with van der Waals surface area (Å²) in [5.74, 6) is 0.675. The van der Waals surface area contributed by atoms with Gasteiger partial charge < -0.3 is 19.9 Å². The van der Waals surface area contributed by atoms with Gasteiger partial charge in [-0.2, -0.15) is 0 Å². The number of nitrogens with zero attached hydrogens (tertiary/aromatic N) is 2. The molecule has 7 heteroatoms. The fourth-order valence-corrected chi connectivity index (χ4v) is 2.73. The van der Waals surface area contributed by atoms with E-state index < -0.39 is 0 Å². The highest BCUT2D eigenvalue weighted by Gasteiger charge is 2.21. The molecule has 1 atom stereocenters. The smallest absolute Gasteiger partial charge is 0.267 e. The molecule has 0 saturated carbocycles. The van der Waals surface area contributed by atoms with Crippen LogP contribution in [0.1, 0.15) is 12.8 Å². The van der Waals surface area contributed by atoms with Gasteiger partial charge in [0.25, 0.3) is 5.56 Å². The number of rotatable bonds is 6. The highest BCUT2D eigenvalue weighted by molar-refractivity contribution is 9.10. The van der Waals surface area contributed by atoms with E-state index in [9.17, 15) is 4.79 Å². The number of aromatic nitrogens is 2. The summed E-state index contributed by atoms with van der Waals surface area (Å²) in [5.41, 5.74) is -0.160. The van der Waals surface area contributed by atoms with Gasteiger partial charge in [-0.05, 0) is 35.3 Å². The van der Waals surface area contributed by atoms with E-state index in [-0.39, 0.29) is 5.56 Å². The lowest BCUT2D eigenvalue weighted by Gasteiger charge is -2.27. The van der Waals surface area contributed by atoms with Crippen molar-refractivity contribution in [2.24, 2.45) is 0 Å². The van der Waals surface area contributed by atoms with Gasteiger partial charge in [0, 0.05) is 26.2 Å². The minimum Gasteiger partial charge on any atom is -0.383 e. The normalized spacial score (nSPS) is 18.7. The van der Waals surface area contributed by atoms with E-state index in [1.165, 1.54) is 12.7 Å². The Morgan fingerprint density at radius 3 is 3.16 bits per heavy atom. The van der Waals surface area contributed by atoms with Crippen LogP contribution in [0.3, 0.4) is 0 Å². The Balaban J connectivity index is 2.15. The molecule has 0 bridgehead atoms. The van der Waals surface area contributed by atoms with Crippen LogP contribution in [-0.2, 0) is 4.74 Å². The third-order valence-corrected chi connectivity index (χ3v) is 3.96. The molecule has 0 aliphatic carbocycles. The number of hydrogen-bond donors (Lipinski definition) is 2. The topological polar surface area (TPSA) is 70.2 Å². The lowest BCUT2D eigenvalue weighted by Crippen LogP contribution is -2.40. The first-order valence-corrected chi connectivity index (χ1v) is 7.22. The van der Waals surface area contributed by atoms with Crippen LogP contribution >= 0.6 is 15.9 Å². The van der Waals surface area contributed by atoms with E-state index in [2.05, 4.69) is 36.1 Å². The van der Waals surface area contributed by atoms with E-state index >= 15 is 0 Å². The minimum atomic E-state index is -0.160. The Labute approximate surface area is 120 Å². The van der Waals surface area contributed by atoms with Crippen LogP contribution in [0.5, 0.6) is 0 Å². The van der Waals surface area contributed by atoms with E-state index in [0.29, 0.717) is 29.5 Å². The molecule has 1 fully saturated rings. The Bertz CT molecular complexity index is 459. The molecule has 1 saturated heterocycles. The molecule has 0 amide bonds. The molecule has 2 heterocycles. The maximum atomic E-state index is 11.6. The quantitative estimate of drug-likeness (QED) is 0.805. The zero-order valence-electron chi connectivity index (χ0n) is 11.0. The highest BCUT2D eigenvalue weighted by atomic mass is 79.9. The molecule has 0 aromatic carbocycles. The van der Waals surface area contributed by atoms with Gasteiger partial charge in [0.1, 0.15) is 10.3 Å². The van der Waals surface area contributed by atoms with Crippen LogP contribution in [0, 0.1) is 0 Å². The summed E-state index contributed by atoms with van der Waals surface area (Å²) in [5, 5.41) is 3.46. The summed E-state index contributed by atoms with van der Waals surface area (Å²) in [6.45, 7) is 3.21. The van der Waals surface area contributed by atoms with Crippen LogP contribution in [0.15, 0.2) is 15.6 Å². The van der Waals surface area contributed by atoms with Crippen LogP contribution in [0.2, 0.25) is 0 Å². The van der Waals surface area contributed by atoms with Gasteiger partial charge in [0.05, 0.1) is 12.9 Å². The molecule has 0 radical (unpaired) electrons. The van der Waals surface area contributed by atoms with E-state index in [1.54, 1.807) is 7.11 Å². The zero-order valence-corrected chi connectivity index (χ0v) is 12.6. The van der Waals surface area contributed by atoms with Gasteiger partial charge in [0.2, 0.25) is 0 Å². The fourth-order valence-electron chi connectivity index (χ4n) is 2.26. The molecule has 2 N–H and O–H groups in total. The maximum absolute atomic E-state index is 11.6. The van der Waals surface area contributed by atoms with Crippen molar-refractivity contribution >= 4 is 21.7 Å². The van der Waals surface area contributed by atoms with Crippen LogP contribution in [0.25, 0.3) is 0 Å². The molecule has 1 aliphatic heterocycles. The number of nitrogens with one attached hydrogen (secondary N) is 2. The second kappa shape index (κ2) is 7.02. The first-order chi connectivity index (χ1) is 9.22. The monoisotopic (exact) mass is 330 g/mol. The van der Waals surface area contributed by atoms with Crippen molar-refractivity contribution < 1.29 is 4.74 Å². The summed E-state index contributed by atoms with van der Waals surface area (Å²) >= 11 is 3.31. The van der Waals surface area contributed by atoms with Gasteiger partial charge in [-0.25, -0.2) is 4.98 Å². The van der Waals surface area contributed by atoms with Crippen molar-refractivity contribution in [3.05, 3.63) is 21.2 Å². The molecule has 6 nitrogen and oxygen atoms in total. The Morgan fingerprint density at radius 2 is 2.47 bits per heavy atom. The molecule has 1 aromatic rings. The second-order valence-electron chi connectivity index (χ2n) is 4.60. The number of anilines is 1. The van der Waals surface area contributed by atoms with E-state index in [4.69, 9.17) is 4.74 Å². The number of ether oxygens (including phenoxy) is 1. The minimum absolute atomic E-state index is 0.160. The summed E-state index contributed by atoms with van der Waals surface area (Å²) in [7, 11) is 1.67. The number of methoxy groups -OCH3 is 1. The number of H-pyrrole nitrogens is 1. The van der Waals surface area contributed by atoms with Crippen molar-refractivity contribution in [3.63, 3.8) is 0 Å². The Kier molecular flexibility index (Phi) is 5.35. The van der Waals surface area contributed by atoms with Crippen molar-refractivity contribution in [1.29, 1.82) is 0 Å². The van der Waals surface area contributed by atoms with E-state index in [1.807, 2.05) is 0 Å². The Morgan fingerprint density at radius 1 is 1.63 bits per heavy atom. The van der Waals surface area contributed by atoms with Gasteiger partial charge in [-0.1, -0.05) is 0 Å². The fraction of sp³-hybridized carbons (Fsp3) is 0.667. The summed E-state index contributed by atoms with van der Waals surface area (Å²) in [6, 6.07) is 0.449. The first-order valence-electron chi connectivity index (χ1n) is 6.43. The summed E-state index contributed by atoms with van der Waals surface area (Å²) in [6.07, 6.45) is 3.79.